The van der Waals surface area contributed by atoms with Crippen LogP contribution in [-0.4, -0.2) is 41.3 Å². The molecule has 0 aliphatic rings. The standard InChI is InChI=1S/C14H20N4O2/c1-10-7-12(17-16-10)9-18(2)8-11-5-6-13(19-3)15-14(11)20-4/h5-7H,8-9H2,1-4H3,(H,16,17). The number of aryl methyl sites for hydroxylation is 1. The Bertz CT molecular complexity index is 568. The van der Waals surface area contributed by atoms with Crippen molar-refractivity contribution in [2.24, 2.45) is 0 Å². The molecule has 1 N–H and O–H groups in total. The lowest BCUT2D eigenvalue weighted by molar-refractivity contribution is 0.301. The Morgan fingerprint density at radius 2 is 2.00 bits per heavy atom. The Kier molecular flexibility index (Phi) is 4.57. The maximum absolute atomic E-state index is 5.30. The van der Waals surface area contributed by atoms with Gasteiger partial charge in [0.1, 0.15) is 0 Å². The second-order valence-electron chi connectivity index (χ2n) is 4.74. The van der Waals surface area contributed by atoms with Crippen LogP contribution in [0.4, 0.5) is 0 Å². The lowest BCUT2D eigenvalue weighted by atomic mass is 10.2. The minimum atomic E-state index is 0.552. The molecule has 2 heterocycles. The number of aromatic nitrogens is 3. The van der Waals surface area contributed by atoms with Crippen LogP contribution in [0.25, 0.3) is 0 Å². The predicted molar refractivity (Wildman–Crippen MR) is 75.8 cm³/mol. The molecule has 0 amide bonds. The molecular weight excluding hydrogens is 256 g/mol. The fraction of sp³-hybridized carbons (Fsp3) is 0.429. The van der Waals surface area contributed by atoms with Crippen molar-refractivity contribution in [3.8, 4) is 11.8 Å². The number of pyridine rings is 1. The van der Waals surface area contributed by atoms with Crippen LogP contribution in [-0.2, 0) is 13.1 Å². The predicted octanol–water partition coefficient (Wildman–Crippen LogP) is 1.76. The van der Waals surface area contributed by atoms with E-state index in [2.05, 4.69) is 20.1 Å². The van der Waals surface area contributed by atoms with Crippen molar-refractivity contribution < 1.29 is 9.47 Å². The molecule has 0 aromatic carbocycles. The highest BCUT2D eigenvalue weighted by atomic mass is 16.5. The maximum Gasteiger partial charge on any atom is 0.220 e. The minimum absolute atomic E-state index is 0.552. The first-order chi connectivity index (χ1) is 9.62. The van der Waals surface area contributed by atoms with Crippen LogP contribution in [0.5, 0.6) is 11.8 Å². The van der Waals surface area contributed by atoms with Crippen molar-refractivity contribution in [2.45, 2.75) is 20.0 Å². The van der Waals surface area contributed by atoms with Crippen LogP contribution >= 0.6 is 0 Å². The molecule has 6 heteroatoms. The van der Waals surface area contributed by atoms with E-state index in [-0.39, 0.29) is 0 Å². The molecule has 108 valence electrons. The van der Waals surface area contributed by atoms with E-state index in [4.69, 9.17) is 9.47 Å². The summed E-state index contributed by atoms with van der Waals surface area (Å²) in [7, 11) is 5.24. The molecule has 2 rings (SSSR count). The first kappa shape index (κ1) is 14.3. The third kappa shape index (κ3) is 3.48. The first-order valence-electron chi connectivity index (χ1n) is 6.39. The molecule has 0 atom stereocenters. The molecule has 0 aliphatic heterocycles. The zero-order chi connectivity index (χ0) is 14.5. The van der Waals surface area contributed by atoms with Gasteiger partial charge in [-0.3, -0.25) is 10.00 Å². The Labute approximate surface area is 118 Å². The van der Waals surface area contributed by atoms with Crippen LogP contribution in [0.15, 0.2) is 18.2 Å². The zero-order valence-corrected chi connectivity index (χ0v) is 12.3. The molecule has 0 bridgehead atoms. The fourth-order valence-electron chi connectivity index (χ4n) is 2.04. The second-order valence-corrected chi connectivity index (χ2v) is 4.74. The van der Waals surface area contributed by atoms with Gasteiger partial charge < -0.3 is 9.47 Å². The van der Waals surface area contributed by atoms with Gasteiger partial charge in [-0.1, -0.05) is 0 Å². The molecule has 0 spiro atoms. The van der Waals surface area contributed by atoms with Crippen LogP contribution < -0.4 is 9.47 Å². The van der Waals surface area contributed by atoms with Crippen molar-refractivity contribution in [3.05, 3.63) is 35.2 Å². The van der Waals surface area contributed by atoms with Gasteiger partial charge in [-0.05, 0) is 26.1 Å². The lowest BCUT2D eigenvalue weighted by Gasteiger charge is -2.17. The smallest absolute Gasteiger partial charge is 0.220 e. The molecule has 2 aromatic heterocycles. The number of aromatic amines is 1. The molecule has 0 aliphatic carbocycles. The van der Waals surface area contributed by atoms with E-state index in [1.165, 1.54) is 0 Å². The van der Waals surface area contributed by atoms with Crippen LogP contribution in [0.2, 0.25) is 0 Å². The van der Waals surface area contributed by atoms with E-state index in [9.17, 15) is 0 Å². The van der Waals surface area contributed by atoms with E-state index in [1.807, 2.05) is 32.2 Å². The number of ether oxygens (including phenoxy) is 2. The van der Waals surface area contributed by atoms with Crippen molar-refractivity contribution in [2.75, 3.05) is 21.3 Å². The van der Waals surface area contributed by atoms with Crippen LogP contribution in [0.1, 0.15) is 17.0 Å². The van der Waals surface area contributed by atoms with Gasteiger partial charge in [0, 0.05) is 30.4 Å². The quantitative estimate of drug-likeness (QED) is 0.871. The van der Waals surface area contributed by atoms with Crippen LogP contribution in [0, 0.1) is 6.92 Å². The Morgan fingerprint density at radius 3 is 2.60 bits per heavy atom. The van der Waals surface area contributed by atoms with Gasteiger partial charge >= 0.3 is 0 Å². The van der Waals surface area contributed by atoms with Gasteiger partial charge in [-0.25, -0.2) is 0 Å². The molecular formula is C14H20N4O2. The summed E-state index contributed by atoms with van der Waals surface area (Å²) >= 11 is 0. The third-order valence-corrected chi connectivity index (χ3v) is 2.95. The highest BCUT2D eigenvalue weighted by Gasteiger charge is 2.10. The molecule has 0 radical (unpaired) electrons. The van der Waals surface area contributed by atoms with Crippen molar-refractivity contribution in [3.63, 3.8) is 0 Å². The summed E-state index contributed by atoms with van der Waals surface area (Å²) in [5.41, 5.74) is 3.10. The topological polar surface area (TPSA) is 63.3 Å². The zero-order valence-electron chi connectivity index (χ0n) is 12.3. The summed E-state index contributed by atoms with van der Waals surface area (Å²) in [5, 5.41) is 7.18. The van der Waals surface area contributed by atoms with Gasteiger partial charge in [0.2, 0.25) is 11.8 Å². The highest BCUT2D eigenvalue weighted by molar-refractivity contribution is 5.30. The number of nitrogens with one attached hydrogen (secondary N) is 1. The molecule has 0 saturated heterocycles. The van der Waals surface area contributed by atoms with E-state index in [1.54, 1.807) is 14.2 Å². The summed E-state index contributed by atoms with van der Waals surface area (Å²) in [5.74, 6) is 1.14. The molecule has 0 unspecified atom stereocenters. The van der Waals surface area contributed by atoms with E-state index >= 15 is 0 Å². The Balaban J connectivity index is 2.05. The maximum atomic E-state index is 5.30. The largest absolute Gasteiger partial charge is 0.481 e. The number of nitrogens with zero attached hydrogens (tertiary/aromatic N) is 3. The molecule has 2 aromatic rings. The van der Waals surface area contributed by atoms with Crippen LogP contribution in [0.3, 0.4) is 0 Å². The van der Waals surface area contributed by atoms with E-state index < -0.39 is 0 Å². The van der Waals surface area contributed by atoms with Gasteiger partial charge in [-0.15, -0.1) is 0 Å². The molecule has 20 heavy (non-hydrogen) atoms. The second kappa shape index (κ2) is 6.38. The Morgan fingerprint density at radius 1 is 1.20 bits per heavy atom. The number of methoxy groups -OCH3 is 2. The summed E-state index contributed by atoms with van der Waals surface area (Å²) in [4.78, 5) is 6.44. The van der Waals surface area contributed by atoms with E-state index in [0.29, 0.717) is 11.8 Å². The minimum Gasteiger partial charge on any atom is -0.481 e. The summed E-state index contributed by atoms with van der Waals surface area (Å²) in [6.07, 6.45) is 0. The third-order valence-electron chi connectivity index (χ3n) is 2.95. The molecule has 0 fully saturated rings. The van der Waals surface area contributed by atoms with Crippen molar-refractivity contribution in [1.29, 1.82) is 0 Å². The summed E-state index contributed by atoms with van der Waals surface area (Å²) in [6.45, 7) is 3.48. The lowest BCUT2D eigenvalue weighted by Crippen LogP contribution is -2.18. The number of hydrogen-bond acceptors (Lipinski definition) is 5. The van der Waals surface area contributed by atoms with Gasteiger partial charge in [0.15, 0.2) is 0 Å². The van der Waals surface area contributed by atoms with E-state index in [0.717, 1.165) is 30.0 Å². The molecule has 0 saturated carbocycles. The summed E-state index contributed by atoms with van der Waals surface area (Å²) < 4.78 is 10.4. The average molecular weight is 276 g/mol. The summed E-state index contributed by atoms with van der Waals surface area (Å²) in [6, 6.07) is 5.85. The van der Waals surface area contributed by atoms with Crippen molar-refractivity contribution >= 4 is 0 Å². The highest BCUT2D eigenvalue weighted by Crippen LogP contribution is 2.21. The van der Waals surface area contributed by atoms with Gasteiger partial charge in [0.05, 0.1) is 19.9 Å². The average Bonchev–Trinajstić information content (AvgIpc) is 2.84. The normalized spacial score (nSPS) is 10.8. The SMILES string of the molecule is COc1ccc(CN(C)Cc2cc(C)[nH]n2)c(OC)n1. The van der Waals surface area contributed by atoms with Crippen molar-refractivity contribution in [1.82, 2.24) is 20.1 Å². The fourth-order valence-corrected chi connectivity index (χ4v) is 2.04. The van der Waals surface area contributed by atoms with Gasteiger partial charge in [-0.2, -0.15) is 10.1 Å². The number of rotatable bonds is 6. The number of hydrogen-bond donors (Lipinski definition) is 1. The Hall–Kier alpha value is -2.08. The number of H-pyrrole nitrogens is 1. The first-order valence-corrected chi connectivity index (χ1v) is 6.39. The monoisotopic (exact) mass is 276 g/mol. The molecule has 6 nitrogen and oxygen atoms in total. The van der Waals surface area contributed by atoms with Gasteiger partial charge in [0.25, 0.3) is 0 Å².